The molecule has 0 saturated heterocycles. The van der Waals surface area contributed by atoms with Gasteiger partial charge in [-0.25, -0.2) is 0 Å². The smallest absolute Gasteiger partial charge is 0.255 e. The lowest BCUT2D eigenvalue weighted by atomic mass is 10.2. The highest BCUT2D eigenvalue weighted by Crippen LogP contribution is 2.20. The number of hydrogen-bond acceptors (Lipinski definition) is 3. The van der Waals surface area contributed by atoms with E-state index in [4.69, 9.17) is 11.6 Å². The van der Waals surface area contributed by atoms with Crippen molar-refractivity contribution in [1.82, 2.24) is 9.88 Å². The summed E-state index contributed by atoms with van der Waals surface area (Å²) in [5.74, 6) is 0.0240. The number of nitrogens with one attached hydrogen (secondary N) is 1. The standard InChI is InChI=1S/C18H22ClN3O/c1-3-8-22(9-4-2)18(23)14-10-17(13-20-12-14)21-16-7-5-6-15(19)11-16/h5-7,10-13,21H,3-4,8-9H2,1-2H3. The lowest BCUT2D eigenvalue weighted by molar-refractivity contribution is 0.0755. The molecule has 1 heterocycles. The second-order valence-electron chi connectivity index (χ2n) is 5.39. The minimum absolute atomic E-state index is 0.0240. The minimum Gasteiger partial charge on any atom is -0.354 e. The van der Waals surface area contributed by atoms with E-state index >= 15 is 0 Å². The molecule has 2 aromatic rings. The van der Waals surface area contributed by atoms with Crippen molar-refractivity contribution in [3.63, 3.8) is 0 Å². The van der Waals surface area contributed by atoms with Gasteiger partial charge in [-0.2, -0.15) is 0 Å². The Kier molecular flexibility index (Phi) is 6.41. The average molecular weight is 332 g/mol. The number of carbonyl (C=O) groups excluding carboxylic acids is 1. The van der Waals surface area contributed by atoms with Crippen LogP contribution in [-0.4, -0.2) is 28.9 Å². The molecular formula is C18H22ClN3O. The SMILES string of the molecule is CCCN(CCC)C(=O)c1cncc(Nc2cccc(Cl)c2)c1. The molecule has 23 heavy (non-hydrogen) atoms. The number of aromatic nitrogens is 1. The minimum atomic E-state index is 0.0240. The summed E-state index contributed by atoms with van der Waals surface area (Å²) in [5.41, 5.74) is 2.23. The Morgan fingerprint density at radius 3 is 2.52 bits per heavy atom. The molecule has 2 rings (SSSR count). The molecule has 0 spiro atoms. The molecule has 4 nitrogen and oxygen atoms in total. The third-order valence-electron chi connectivity index (χ3n) is 3.37. The monoisotopic (exact) mass is 331 g/mol. The number of rotatable bonds is 7. The van der Waals surface area contributed by atoms with Gasteiger partial charge in [-0.05, 0) is 37.1 Å². The highest BCUT2D eigenvalue weighted by molar-refractivity contribution is 6.30. The molecule has 0 aliphatic heterocycles. The van der Waals surface area contributed by atoms with Gasteiger partial charge in [-0.3, -0.25) is 9.78 Å². The maximum atomic E-state index is 12.6. The Morgan fingerprint density at radius 1 is 1.13 bits per heavy atom. The van der Waals surface area contributed by atoms with Crippen LogP contribution < -0.4 is 5.32 Å². The van der Waals surface area contributed by atoms with Gasteiger partial charge in [-0.1, -0.05) is 31.5 Å². The summed E-state index contributed by atoms with van der Waals surface area (Å²) >= 11 is 5.99. The van der Waals surface area contributed by atoms with Crippen LogP contribution in [0.2, 0.25) is 5.02 Å². The molecule has 0 radical (unpaired) electrons. The Balaban J connectivity index is 2.16. The van der Waals surface area contributed by atoms with Crippen LogP contribution in [0.3, 0.4) is 0 Å². The van der Waals surface area contributed by atoms with E-state index in [1.165, 1.54) is 0 Å². The van der Waals surface area contributed by atoms with Crippen LogP contribution in [0.1, 0.15) is 37.0 Å². The van der Waals surface area contributed by atoms with E-state index < -0.39 is 0 Å². The fourth-order valence-corrected chi connectivity index (χ4v) is 2.59. The highest BCUT2D eigenvalue weighted by Gasteiger charge is 2.15. The van der Waals surface area contributed by atoms with Gasteiger partial charge in [-0.15, -0.1) is 0 Å². The maximum Gasteiger partial charge on any atom is 0.255 e. The number of nitrogens with zero attached hydrogens (tertiary/aromatic N) is 2. The molecule has 0 aliphatic carbocycles. The van der Waals surface area contributed by atoms with E-state index in [2.05, 4.69) is 24.1 Å². The first-order valence-corrected chi connectivity index (χ1v) is 8.28. The number of pyridine rings is 1. The van der Waals surface area contributed by atoms with Crippen molar-refractivity contribution in [2.75, 3.05) is 18.4 Å². The third-order valence-corrected chi connectivity index (χ3v) is 3.61. The lowest BCUT2D eigenvalue weighted by Crippen LogP contribution is -2.32. The van der Waals surface area contributed by atoms with Crippen molar-refractivity contribution in [2.45, 2.75) is 26.7 Å². The average Bonchev–Trinajstić information content (AvgIpc) is 2.54. The molecule has 0 unspecified atom stereocenters. The second-order valence-corrected chi connectivity index (χ2v) is 5.83. The van der Waals surface area contributed by atoms with Gasteiger partial charge in [0.15, 0.2) is 0 Å². The molecule has 0 fully saturated rings. The van der Waals surface area contributed by atoms with E-state index in [0.29, 0.717) is 10.6 Å². The number of halogens is 1. The highest BCUT2D eigenvalue weighted by atomic mass is 35.5. The Hall–Kier alpha value is -2.07. The number of amides is 1. The van der Waals surface area contributed by atoms with Crippen LogP contribution in [0.25, 0.3) is 0 Å². The largest absolute Gasteiger partial charge is 0.354 e. The zero-order valence-corrected chi connectivity index (χ0v) is 14.3. The molecule has 1 aromatic carbocycles. The van der Waals surface area contributed by atoms with Crippen LogP contribution in [0.15, 0.2) is 42.7 Å². The summed E-state index contributed by atoms with van der Waals surface area (Å²) in [6.07, 6.45) is 5.20. The van der Waals surface area contributed by atoms with Crippen molar-refractivity contribution < 1.29 is 4.79 Å². The van der Waals surface area contributed by atoms with Crippen molar-refractivity contribution in [3.8, 4) is 0 Å². The summed E-state index contributed by atoms with van der Waals surface area (Å²) in [4.78, 5) is 18.7. The van der Waals surface area contributed by atoms with Crippen LogP contribution in [0.4, 0.5) is 11.4 Å². The molecule has 0 aliphatic rings. The van der Waals surface area contributed by atoms with Gasteiger partial charge in [0.2, 0.25) is 0 Å². The Bertz CT molecular complexity index is 654. The quantitative estimate of drug-likeness (QED) is 0.797. The number of hydrogen-bond donors (Lipinski definition) is 1. The van der Waals surface area contributed by atoms with E-state index in [1.807, 2.05) is 35.2 Å². The lowest BCUT2D eigenvalue weighted by Gasteiger charge is -2.21. The third kappa shape index (κ3) is 4.96. The van der Waals surface area contributed by atoms with Crippen molar-refractivity contribution in [2.24, 2.45) is 0 Å². The normalized spacial score (nSPS) is 10.4. The summed E-state index contributed by atoms with van der Waals surface area (Å²) in [5, 5.41) is 3.88. The van der Waals surface area contributed by atoms with Crippen LogP contribution >= 0.6 is 11.6 Å². The first kappa shape index (κ1) is 17.3. The maximum absolute atomic E-state index is 12.6. The molecule has 0 bridgehead atoms. The van der Waals surface area contributed by atoms with Gasteiger partial charge < -0.3 is 10.2 Å². The fraction of sp³-hybridized carbons (Fsp3) is 0.333. The zero-order valence-electron chi connectivity index (χ0n) is 13.6. The van der Waals surface area contributed by atoms with Crippen LogP contribution in [0.5, 0.6) is 0 Å². The Morgan fingerprint density at radius 2 is 1.87 bits per heavy atom. The van der Waals surface area contributed by atoms with Crippen molar-refractivity contribution in [1.29, 1.82) is 0 Å². The second kappa shape index (κ2) is 8.53. The van der Waals surface area contributed by atoms with Gasteiger partial charge in [0, 0.05) is 30.0 Å². The molecule has 0 atom stereocenters. The van der Waals surface area contributed by atoms with E-state index in [1.54, 1.807) is 12.4 Å². The van der Waals surface area contributed by atoms with Gasteiger partial charge in [0.1, 0.15) is 0 Å². The number of carbonyl (C=O) groups is 1. The molecule has 5 heteroatoms. The molecule has 1 N–H and O–H groups in total. The van der Waals surface area contributed by atoms with Crippen molar-refractivity contribution >= 4 is 28.9 Å². The Labute approximate surface area is 142 Å². The number of benzene rings is 1. The van der Waals surface area contributed by atoms with Crippen LogP contribution in [0, 0.1) is 0 Å². The molecule has 122 valence electrons. The topological polar surface area (TPSA) is 45.2 Å². The van der Waals surface area contributed by atoms with Gasteiger partial charge in [0.25, 0.3) is 5.91 Å². The molecular weight excluding hydrogens is 310 g/mol. The van der Waals surface area contributed by atoms with Gasteiger partial charge >= 0.3 is 0 Å². The predicted octanol–water partition coefficient (Wildman–Crippen LogP) is 4.74. The first-order valence-electron chi connectivity index (χ1n) is 7.91. The van der Waals surface area contributed by atoms with E-state index in [0.717, 1.165) is 37.3 Å². The fourth-order valence-electron chi connectivity index (χ4n) is 2.40. The molecule has 1 amide bonds. The molecule has 1 aromatic heterocycles. The van der Waals surface area contributed by atoms with Crippen molar-refractivity contribution in [3.05, 3.63) is 53.3 Å². The zero-order chi connectivity index (χ0) is 16.7. The molecule has 0 saturated carbocycles. The summed E-state index contributed by atoms with van der Waals surface area (Å²) < 4.78 is 0. The van der Waals surface area contributed by atoms with E-state index in [9.17, 15) is 4.79 Å². The first-order chi connectivity index (χ1) is 11.1. The number of anilines is 2. The van der Waals surface area contributed by atoms with E-state index in [-0.39, 0.29) is 5.91 Å². The summed E-state index contributed by atoms with van der Waals surface area (Å²) in [6, 6.07) is 9.27. The van der Waals surface area contributed by atoms with Gasteiger partial charge in [0.05, 0.1) is 17.4 Å². The summed E-state index contributed by atoms with van der Waals surface area (Å²) in [6.45, 7) is 5.67. The summed E-state index contributed by atoms with van der Waals surface area (Å²) in [7, 11) is 0. The predicted molar refractivity (Wildman–Crippen MR) is 95.5 cm³/mol. The van der Waals surface area contributed by atoms with Crippen LogP contribution in [-0.2, 0) is 0 Å².